The minimum atomic E-state index is -0.164. The quantitative estimate of drug-likeness (QED) is 0.262. The van der Waals surface area contributed by atoms with Crippen LogP contribution in [0, 0.1) is 17.2 Å². The summed E-state index contributed by atoms with van der Waals surface area (Å²) in [6.45, 7) is 1.11. The molecule has 0 spiro atoms. The van der Waals surface area contributed by atoms with Crippen LogP contribution < -0.4 is 15.6 Å². The van der Waals surface area contributed by atoms with E-state index in [4.69, 9.17) is 10.00 Å². The maximum absolute atomic E-state index is 13.2. The van der Waals surface area contributed by atoms with Crippen LogP contribution in [0.25, 0.3) is 16.7 Å². The van der Waals surface area contributed by atoms with Crippen LogP contribution in [0.15, 0.2) is 46.5 Å². The smallest absolute Gasteiger partial charge is 0.283 e. The zero-order chi connectivity index (χ0) is 22.3. The summed E-state index contributed by atoms with van der Waals surface area (Å²) in [6, 6.07) is 11.3. The number of nitrogens with zero attached hydrogens (tertiary/aromatic N) is 3. The predicted molar refractivity (Wildman–Crippen MR) is 123 cm³/mol. The van der Waals surface area contributed by atoms with Crippen molar-refractivity contribution in [2.45, 2.75) is 37.3 Å². The van der Waals surface area contributed by atoms with Gasteiger partial charge in [0.25, 0.3) is 5.56 Å². The zero-order valence-corrected chi connectivity index (χ0v) is 18.5. The molecule has 2 aromatic heterocycles. The average Bonchev–Trinajstić information content (AvgIpc) is 3.51. The minimum absolute atomic E-state index is 0.0749. The SMILES string of the molecule is N#CCCNC(=O)CCCSc1nc2cc[nH]c2c(=O)n1-c1ccc(OCC2CC2)cc1. The number of thioether (sulfide) groups is 1. The molecule has 1 aromatic carbocycles. The minimum Gasteiger partial charge on any atom is -0.493 e. The van der Waals surface area contributed by atoms with Gasteiger partial charge in [-0.15, -0.1) is 0 Å². The Morgan fingerprint density at radius 3 is 2.88 bits per heavy atom. The molecule has 0 aliphatic heterocycles. The summed E-state index contributed by atoms with van der Waals surface area (Å²) in [4.78, 5) is 32.6. The van der Waals surface area contributed by atoms with E-state index in [0.717, 1.165) is 18.0 Å². The molecule has 32 heavy (non-hydrogen) atoms. The average molecular weight is 452 g/mol. The number of amides is 1. The fourth-order valence-electron chi connectivity index (χ4n) is 3.23. The summed E-state index contributed by atoms with van der Waals surface area (Å²) in [5.41, 5.74) is 1.63. The molecular formula is C23H25N5O3S. The third kappa shape index (κ3) is 5.51. The molecular weight excluding hydrogens is 426 g/mol. The second-order valence-corrected chi connectivity index (χ2v) is 8.79. The van der Waals surface area contributed by atoms with Crippen molar-refractivity contribution in [3.8, 4) is 17.5 Å². The van der Waals surface area contributed by atoms with Crippen LogP contribution in [-0.2, 0) is 4.79 Å². The number of benzene rings is 1. The molecule has 1 saturated carbocycles. The number of rotatable bonds is 11. The Hall–Kier alpha value is -3.25. The van der Waals surface area contributed by atoms with Gasteiger partial charge in [-0.2, -0.15) is 5.26 Å². The highest BCUT2D eigenvalue weighted by Gasteiger charge is 2.22. The van der Waals surface area contributed by atoms with Gasteiger partial charge in [0, 0.05) is 24.9 Å². The number of aromatic amines is 1. The van der Waals surface area contributed by atoms with E-state index in [0.29, 0.717) is 53.7 Å². The number of H-pyrrole nitrogens is 1. The van der Waals surface area contributed by atoms with Gasteiger partial charge in [-0.25, -0.2) is 4.98 Å². The number of fused-ring (bicyclic) bond motifs is 1. The summed E-state index contributed by atoms with van der Waals surface area (Å²) in [5.74, 6) is 2.03. The second kappa shape index (κ2) is 10.4. The Bertz CT molecular complexity index is 1180. The molecule has 4 rings (SSSR count). The van der Waals surface area contributed by atoms with E-state index in [9.17, 15) is 9.59 Å². The van der Waals surface area contributed by atoms with Crippen molar-refractivity contribution >= 4 is 28.7 Å². The molecule has 0 atom stereocenters. The van der Waals surface area contributed by atoms with Gasteiger partial charge in [-0.3, -0.25) is 14.2 Å². The van der Waals surface area contributed by atoms with Gasteiger partial charge in [-0.1, -0.05) is 11.8 Å². The number of aromatic nitrogens is 3. The van der Waals surface area contributed by atoms with Crippen LogP contribution >= 0.6 is 11.8 Å². The first kappa shape index (κ1) is 22.0. The first-order chi connectivity index (χ1) is 15.7. The lowest BCUT2D eigenvalue weighted by atomic mass is 10.3. The maximum Gasteiger partial charge on any atom is 0.283 e. The summed E-state index contributed by atoms with van der Waals surface area (Å²) >= 11 is 1.45. The van der Waals surface area contributed by atoms with Gasteiger partial charge in [-0.05, 0) is 55.5 Å². The van der Waals surface area contributed by atoms with Crippen LogP contribution in [-0.4, -0.2) is 39.3 Å². The number of hydrogen-bond donors (Lipinski definition) is 2. The lowest BCUT2D eigenvalue weighted by Gasteiger charge is -2.13. The zero-order valence-electron chi connectivity index (χ0n) is 17.7. The number of hydrogen-bond acceptors (Lipinski definition) is 6. The maximum atomic E-state index is 13.2. The first-order valence-corrected chi connectivity index (χ1v) is 11.7. The molecule has 1 fully saturated rings. The van der Waals surface area contributed by atoms with Crippen molar-refractivity contribution in [3.05, 3.63) is 46.9 Å². The third-order valence-corrected chi connectivity index (χ3v) is 6.19. The summed E-state index contributed by atoms with van der Waals surface area (Å²) in [5, 5.41) is 11.8. The summed E-state index contributed by atoms with van der Waals surface area (Å²) < 4.78 is 7.40. The number of carbonyl (C=O) groups excluding carboxylic acids is 1. The number of carbonyl (C=O) groups is 1. The Morgan fingerprint density at radius 1 is 1.31 bits per heavy atom. The van der Waals surface area contributed by atoms with Crippen molar-refractivity contribution < 1.29 is 9.53 Å². The third-order valence-electron chi connectivity index (χ3n) is 5.17. The summed E-state index contributed by atoms with van der Waals surface area (Å²) in [6.07, 6.45) is 5.48. The lowest BCUT2D eigenvalue weighted by molar-refractivity contribution is -0.121. The van der Waals surface area contributed by atoms with Crippen molar-refractivity contribution in [2.24, 2.45) is 5.92 Å². The van der Waals surface area contributed by atoms with Gasteiger partial charge in [0.1, 0.15) is 11.3 Å². The first-order valence-electron chi connectivity index (χ1n) is 10.8. The molecule has 2 N–H and O–H groups in total. The largest absolute Gasteiger partial charge is 0.493 e. The Labute approximate surface area is 190 Å². The number of nitriles is 1. The highest BCUT2D eigenvalue weighted by molar-refractivity contribution is 7.99. The second-order valence-electron chi connectivity index (χ2n) is 7.73. The fourth-order valence-corrected chi connectivity index (χ4v) is 4.19. The Kier molecular flexibility index (Phi) is 7.12. The van der Waals surface area contributed by atoms with Crippen LogP contribution in [0.5, 0.6) is 5.75 Å². The molecule has 0 unspecified atom stereocenters. The van der Waals surface area contributed by atoms with E-state index in [1.807, 2.05) is 30.3 Å². The molecule has 3 aromatic rings. The van der Waals surface area contributed by atoms with Crippen molar-refractivity contribution in [3.63, 3.8) is 0 Å². The van der Waals surface area contributed by atoms with Crippen LogP contribution in [0.2, 0.25) is 0 Å². The summed E-state index contributed by atoms with van der Waals surface area (Å²) in [7, 11) is 0. The van der Waals surface area contributed by atoms with Gasteiger partial charge in [0.2, 0.25) is 5.91 Å². The molecule has 8 nitrogen and oxygen atoms in total. The standard InChI is InChI=1S/C23H25N5O3S/c24-11-2-12-25-20(29)3-1-14-32-23-27-19-10-13-26-21(19)22(30)28(23)17-6-8-18(9-7-17)31-15-16-4-5-16/h6-10,13,16,26H,1-5,12,14-15H2,(H,25,29). The Balaban J connectivity index is 1.47. The fraction of sp³-hybridized carbons (Fsp3) is 0.391. The molecule has 0 saturated heterocycles. The van der Waals surface area contributed by atoms with Crippen LogP contribution in [0.1, 0.15) is 32.1 Å². The molecule has 0 radical (unpaired) electrons. The van der Waals surface area contributed by atoms with E-state index in [1.165, 1.54) is 24.6 Å². The normalized spacial score (nSPS) is 13.1. The van der Waals surface area contributed by atoms with Gasteiger partial charge in [0.15, 0.2) is 5.16 Å². The van der Waals surface area contributed by atoms with Crippen LogP contribution in [0.3, 0.4) is 0 Å². The van der Waals surface area contributed by atoms with Crippen LogP contribution in [0.4, 0.5) is 0 Å². The monoisotopic (exact) mass is 451 g/mol. The molecule has 1 amide bonds. The van der Waals surface area contributed by atoms with Gasteiger partial charge >= 0.3 is 0 Å². The predicted octanol–water partition coefficient (Wildman–Crippen LogP) is 3.40. The topological polar surface area (TPSA) is 113 Å². The number of nitrogens with one attached hydrogen (secondary N) is 2. The highest BCUT2D eigenvalue weighted by atomic mass is 32.2. The molecule has 1 aliphatic rings. The van der Waals surface area contributed by atoms with E-state index in [2.05, 4.69) is 15.3 Å². The van der Waals surface area contributed by atoms with Gasteiger partial charge < -0.3 is 15.0 Å². The van der Waals surface area contributed by atoms with Crippen molar-refractivity contribution in [2.75, 3.05) is 18.9 Å². The Morgan fingerprint density at radius 2 is 2.12 bits per heavy atom. The molecule has 1 aliphatic carbocycles. The highest BCUT2D eigenvalue weighted by Crippen LogP contribution is 2.30. The van der Waals surface area contributed by atoms with E-state index < -0.39 is 0 Å². The van der Waals surface area contributed by atoms with Crippen molar-refractivity contribution in [1.82, 2.24) is 19.9 Å². The molecule has 2 heterocycles. The molecule has 0 bridgehead atoms. The number of ether oxygens (including phenoxy) is 1. The molecule has 166 valence electrons. The van der Waals surface area contributed by atoms with Crippen molar-refractivity contribution in [1.29, 1.82) is 5.26 Å². The van der Waals surface area contributed by atoms with Gasteiger partial charge in [0.05, 0.1) is 30.3 Å². The van der Waals surface area contributed by atoms with E-state index in [1.54, 1.807) is 16.8 Å². The van der Waals surface area contributed by atoms with E-state index >= 15 is 0 Å². The lowest BCUT2D eigenvalue weighted by Crippen LogP contribution is -2.24. The molecule has 9 heteroatoms. The van der Waals surface area contributed by atoms with E-state index in [-0.39, 0.29) is 11.5 Å².